The molecule has 6 heteroatoms. The van der Waals surface area contributed by atoms with E-state index in [-0.39, 0.29) is 23.2 Å². The number of aliphatic hydroxyl groups is 1. The van der Waals surface area contributed by atoms with E-state index in [0.29, 0.717) is 31.9 Å². The second-order valence-corrected chi connectivity index (χ2v) is 8.12. The van der Waals surface area contributed by atoms with E-state index < -0.39 is 6.10 Å². The molecule has 4 atom stereocenters. The van der Waals surface area contributed by atoms with Gasteiger partial charge in [0.25, 0.3) is 0 Å². The number of ether oxygens (including phenoxy) is 1. The van der Waals surface area contributed by atoms with Crippen LogP contribution in [0.2, 0.25) is 0 Å². The first-order valence-electron chi connectivity index (χ1n) is 10.3. The van der Waals surface area contributed by atoms with E-state index in [1.54, 1.807) is 7.11 Å². The molecule has 2 aromatic rings. The fourth-order valence-corrected chi connectivity index (χ4v) is 5.05. The van der Waals surface area contributed by atoms with Gasteiger partial charge in [0.1, 0.15) is 0 Å². The molecule has 29 heavy (non-hydrogen) atoms. The van der Waals surface area contributed by atoms with Crippen LogP contribution in [0.1, 0.15) is 30.5 Å². The number of rotatable bonds is 7. The van der Waals surface area contributed by atoms with Crippen molar-refractivity contribution in [1.29, 1.82) is 0 Å². The molecular formula is C23H29N3O3. The highest BCUT2D eigenvalue weighted by Gasteiger charge is 2.70. The van der Waals surface area contributed by atoms with Crippen LogP contribution in [0.15, 0.2) is 48.5 Å². The third-order valence-corrected chi connectivity index (χ3v) is 6.49. The van der Waals surface area contributed by atoms with E-state index in [1.165, 1.54) is 5.56 Å². The topological polar surface area (TPSA) is 74.7 Å². The molecule has 6 nitrogen and oxygen atoms in total. The molecule has 2 fully saturated rings. The summed E-state index contributed by atoms with van der Waals surface area (Å²) in [5, 5.41) is 14.1. The summed E-state index contributed by atoms with van der Waals surface area (Å²) >= 11 is 0. The van der Waals surface area contributed by atoms with E-state index >= 15 is 0 Å². The lowest BCUT2D eigenvalue weighted by atomic mass is 9.95. The van der Waals surface area contributed by atoms with E-state index in [9.17, 15) is 9.90 Å². The Morgan fingerprint density at radius 1 is 1.28 bits per heavy atom. The molecule has 0 bridgehead atoms. The highest BCUT2D eigenvalue weighted by molar-refractivity contribution is 5.75. The first-order chi connectivity index (χ1) is 14.1. The third kappa shape index (κ3) is 3.74. The Balaban J connectivity index is 1.52. The summed E-state index contributed by atoms with van der Waals surface area (Å²) in [6.45, 7) is 4.54. The minimum atomic E-state index is -0.429. The summed E-state index contributed by atoms with van der Waals surface area (Å²) in [4.78, 5) is 18.6. The van der Waals surface area contributed by atoms with Crippen LogP contribution in [-0.4, -0.2) is 53.7 Å². The second-order valence-electron chi connectivity index (χ2n) is 8.12. The predicted octanol–water partition coefficient (Wildman–Crippen LogP) is 2.19. The van der Waals surface area contributed by atoms with Crippen molar-refractivity contribution in [2.24, 2.45) is 11.3 Å². The summed E-state index contributed by atoms with van der Waals surface area (Å²) < 4.78 is 5.23. The number of aromatic nitrogens is 1. The maximum absolute atomic E-state index is 11.8. The first kappa shape index (κ1) is 19.9. The van der Waals surface area contributed by atoms with E-state index in [1.807, 2.05) is 43.3 Å². The Bertz CT molecular complexity index is 859. The Hall–Kier alpha value is -2.44. The molecule has 1 amide bonds. The predicted molar refractivity (Wildman–Crippen MR) is 110 cm³/mol. The zero-order chi connectivity index (χ0) is 20.4. The maximum Gasteiger partial charge on any atom is 0.219 e. The van der Waals surface area contributed by atoms with Crippen LogP contribution >= 0.6 is 0 Å². The highest BCUT2D eigenvalue weighted by atomic mass is 16.5. The number of methoxy groups -OCH3 is 1. The highest BCUT2D eigenvalue weighted by Crippen LogP contribution is 2.68. The van der Waals surface area contributed by atoms with Gasteiger partial charge in [-0.15, -0.1) is 0 Å². The molecule has 1 aliphatic carbocycles. The molecule has 2 aliphatic rings. The standard InChI is InChI=1S/C23H29N3O3/c1-3-20(28)24-12-18-22(16-8-5-4-6-9-16)23(18)15-26(14-19(23)27)13-17-10-7-11-21(25-17)29-2/h4-11,18-19,22,27H,3,12-15H2,1-2H3,(H,24,28)/t18-,19+,22-,23-/m1/s1. The molecule has 1 saturated heterocycles. The van der Waals surface area contributed by atoms with Crippen molar-refractivity contribution in [3.63, 3.8) is 0 Å². The average molecular weight is 396 g/mol. The zero-order valence-electron chi connectivity index (χ0n) is 17.0. The Labute approximate surface area is 171 Å². The van der Waals surface area contributed by atoms with Gasteiger partial charge in [-0.05, 0) is 23.5 Å². The molecule has 0 radical (unpaired) electrons. The molecule has 1 aromatic carbocycles. The first-order valence-corrected chi connectivity index (χ1v) is 10.3. The van der Waals surface area contributed by atoms with Crippen LogP contribution in [0, 0.1) is 11.3 Å². The van der Waals surface area contributed by atoms with Crippen LogP contribution in [0.3, 0.4) is 0 Å². The van der Waals surface area contributed by atoms with Gasteiger partial charge in [0.15, 0.2) is 0 Å². The van der Waals surface area contributed by atoms with Crippen LogP contribution in [0.4, 0.5) is 0 Å². The normalized spacial score (nSPS) is 28.4. The third-order valence-electron chi connectivity index (χ3n) is 6.49. The molecule has 1 spiro atoms. The average Bonchev–Trinajstić information content (AvgIpc) is 3.28. The lowest BCUT2D eigenvalue weighted by Gasteiger charge is -2.17. The number of carbonyl (C=O) groups excluding carboxylic acids is 1. The monoisotopic (exact) mass is 395 g/mol. The fraction of sp³-hybridized carbons (Fsp3) is 0.478. The summed E-state index contributed by atoms with van der Waals surface area (Å²) in [6, 6.07) is 16.1. The summed E-state index contributed by atoms with van der Waals surface area (Å²) in [6.07, 6.45) is 0.0492. The lowest BCUT2D eigenvalue weighted by Crippen LogP contribution is -2.29. The molecule has 154 valence electrons. The summed E-state index contributed by atoms with van der Waals surface area (Å²) in [5.41, 5.74) is 1.95. The number of benzene rings is 1. The Morgan fingerprint density at radius 2 is 2.07 bits per heavy atom. The van der Waals surface area contributed by atoms with Gasteiger partial charge in [0, 0.05) is 44.1 Å². The SMILES string of the molecule is CCC(=O)NC[C@@H]1[C@@H](c2ccccc2)[C@]12CN(Cc1cccc(OC)n1)C[C@@H]2O. The number of likely N-dealkylation sites (tertiary alicyclic amines) is 1. The maximum atomic E-state index is 11.8. The summed E-state index contributed by atoms with van der Waals surface area (Å²) in [5.74, 6) is 1.15. The number of amides is 1. The van der Waals surface area contributed by atoms with Gasteiger partial charge in [-0.1, -0.05) is 43.3 Å². The van der Waals surface area contributed by atoms with Crippen LogP contribution in [0.25, 0.3) is 0 Å². The van der Waals surface area contributed by atoms with E-state index in [4.69, 9.17) is 4.74 Å². The molecule has 1 saturated carbocycles. The molecule has 1 aromatic heterocycles. The number of nitrogens with one attached hydrogen (secondary N) is 1. The molecule has 2 heterocycles. The van der Waals surface area contributed by atoms with Crippen LogP contribution in [0.5, 0.6) is 5.88 Å². The number of pyridine rings is 1. The minimum absolute atomic E-state index is 0.0591. The number of aliphatic hydroxyl groups excluding tert-OH is 1. The lowest BCUT2D eigenvalue weighted by molar-refractivity contribution is -0.120. The number of hydrogen-bond donors (Lipinski definition) is 2. The van der Waals surface area contributed by atoms with E-state index in [0.717, 1.165) is 12.2 Å². The van der Waals surface area contributed by atoms with Crippen molar-refractivity contribution in [2.75, 3.05) is 26.7 Å². The smallest absolute Gasteiger partial charge is 0.219 e. The second kappa shape index (κ2) is 8.13. The summed E-state index contributed by atoms with van der Waals surface area (Å²) in [7, 11) is 1.62. The van der Waals surface area contributed by atoms with Crippen LogP contribution < -0.4 is 10.1 Å². The largest absolute Gasteiger partial charge is 0.481 e. The number of hydrogen-bond acceptors (Lipinski definition) is 5. The Kier molecular flexibility index (Phi) is 5.56. The van der Waals surface area contributed by atoms with Crippen molar-refractivity contribution < 1.29 is 14.6 Å². The molecule has 0 unspecified atom stereocenters. The molecule has 4 rings (SSSR count). The van der Waals surface area contributed by atoms with Crippen molar-refractivity contribution in [1.82, 2.24) is 15.2 Å². The van der Waals surface area contributed by atoms with Gasteiger partial charge >= 0.3 is 0 Å². The van der Waals surface area contributed by atoms with Crippen LogP contribution in [-0.2, 0) is 11.3 Å². The molecule has 2 N–H and O–H groups in total. The van der Waals surface area contributed by atoms with Crippen molar-refractivity contribution in [3.05, 3.63) is 59.8 Å². The van der Waals surface area contributed by atoms with Gasteiger partial charge in [0.2, 0.25) is 11.8 Å². The molecular weight excluding hydrogens is 366 g/mol. The fourth-order valence-electron chi connectivity index (χ4n) is 5.05. The Morgan fingerprint density at radius 3 is 2.79 bits per heavy atom. The zero-order valence-corrected chi connectivity index (χ0v) is 17.0. The van der Waals surface area contributed by atoms with Gasteiger partial charge in [0.05, 0.1) is 18.9 Å². The molecule has 1 aliphatic heterocycles. The number of carbonyl (C=O) groups is 1. The van der Waals surface area contributed by atoms with Gasteiger partial charge in [-0.25, -0.2) is 4.98 Å². The van der Waals surface area contributed by atoms with Crippen molar-refractivity contribution in [3.8, 4) is 5.88 Å². The van der Waals surface area contributed by atoms with Gasteiger partial charge in [-0.3, -0.25) is 9.69 Å². The van der Waals surface area contributed by atoms with Gasteiger partial charge < -0.3 is 15.2 Å². The number of nitrogens with zero attached hydrogens (tertiary/aromatic N) is 2. The quantitative estimate of drug-likeness (QED) is 0.752. The van der Waals surface area contributed by atoms with Gasteiger partial charge in [-0.2, -0.15) is 0 Å². The minimum Gasteiger partial charge on any atom is -0.481 e. The number of β-amino-alcohol motifs (C(OH)–C–C–N with tert-alkyl or cyclic N) is 1. The van der Waals surface area contributed by atoms with E-state index in [2.05, 4.69) is 27.3 Å². The van der Waals surface area contributed by atoms with Crippen molar-refractivity contribution in [2.45, 2.75) is 31.9 Å². The van der Waals surface area contributed by atoms with Crippen molar-refractivity contribution >= 4 is 5.91 Å².